The number of fused-ring (bicyclic) bond motifs is 1. The van der Waals surface area contributed by atoms with Crippen molar-refractivity contribution in [3.05, 3.63) is 51.8 Å². The van der Waals surface area contributed by atoms with Gasteiger partial charge < -0.3 is 15.2 Å². The molecule has 3 heterocycles. The Morgan fingerprint density at radius 3 is 2.76 bits per heavy atom. The standard InChI is InChI=1S/C20H22N4O4S/c1-4-13-20(2,3)14(28-17(25)11-8-6-5-7-9-11)16(27-13)24-15-12(29-19(24)26)10-22-18(21)23-15/h5-10,13-14,16H,4H2,1-3H3,(H2,21,22,23)/t13-,14+,16-/m1/s1. The van der Waals surface area contributed by atoms with Gasteiger partial charge in [0.15, 0.2) is 18.0 Å². The predicted octanol–water partition coefficient (Wildman–Crippen LogP) is 2.99. The Morgan fingerprint density at radius 1 is 1.34 bits per heavy atom. The lowest BCUT2D eigenvalue weighted by Crippen LogP contribution is -2.39. The third-order valence-electron chi connectivity index (χ3n) is 5.37. The number of carbonyl (C=O) groups is 1. The molecule has 8 nitrogen and oxygen atoms in total. The molecule has 1 aliphatic rings. The van der Waals surface area contributed by atoms with E-state index in [0.717, 1.165) is 11.3 Å². The lowest BCUT2D eigenvalue weighted by molar-refractivity contribution is -0.0483. The van der Waals surface area contributed by atoms with Crippen molar-refractivity contribution in [1.82, 2.24) is 14.5 Å². The van der Waals surface area contributed by atoms with Crippen molar-refractivity contribution >= 4 is 33.6 Å². The van der Waals surface area contributed by atoms with Gasteiger partial charge in [-0.15, -0.1) is 0 Å². The molecule has 29 heavy (non-hydrogen) atoms. The summed E-state index contributed by atoms with van der Waals surface area (Å²) >= 11 is 1.01. The van der Waals surface area contributed by atoms with Gasteiger partial charge in [-0.25, -0.2) is 9.78 Å². The van der Waals surface area contributed by atoms with E-state index in [9.17, 15) is 9.59 Å². The minimum atomic E-state index is -0.807. The smallest absolute Gasteiger partial charge is 0.338 e. The van der Waals surface area contributed by atoms with E-state index < -0.39 is 23.7 Å². The molecule has 0 saturated carbocycles. The van der Waals surface area contributed by atoms with Gasteiger partial charge in [0, 0.05) is 5.41 Å². The zero-order valence-electron chi connectivity index (χ0n) is 16.4. The van der Waals surface area contributed by atoms with E-state index in [2.05, 4.69) is 9.97 Å². The Balaban J connectivity index is 1.79. The topological polar surface area (TPSA) is 109 Å². The first-order valence-corrected chi connectivity index (χ1v) is 10.2. The molecule has 0 aliphatic carbocycles. The number of aromatic nitrogens is 3. The molecule has 9 heteroatoms. The van der Waals surface area contributed by atoms with E-state index in [4.69, 9.17) is 15.2 Å². The lowest BCUT2D eigenvalue weighted by Gasteiger charge is -2.30. The van der Waals surface area contributed by atoms with E-state index in [-0.39, 0.29) is 16.9 Å². The number of benzene rings is 1. The Hall–Kier alpha value is -2.78. The molecule has 0 unspecified atom stereocenters. The molecule has 3 atom stereocenters. The summed E-state index contributed by atoms with van der Waals surface area (Å²) in [6.45, 7) is 5.96. The fourth-order valence-corrected chi connectivity index (χ4v) is 4.64. The highest BCUT2D eigenvalue weighted by Crippen LogP contribution is 2.47. The van der Waals surface area contributed by atoms with Crippen LogP contribution in [0.2, 0.25) is 0 Å². The van der Waals surface area contributed by atoms with Crippen molar-refractivity contribution in [3.8, 4) is 0 Å². The van der Waals surface area contributed by atoms with E-state index in [1.54, 1.807) is 24.3 Å². The van der Waals surface area contributed by atoms with Crippen LogP contribution < -0.4 is 10.6 Å². The number of hydrogen-bond acceptors (Lipinski definition) is 8. The highest BCUT2D eigenvalue weighted by atomic mass is 32.1. The summed E-state index contributed by atoms with van der Waals surface area (Å²) in [4.78, 5) is 33.5. The molecule has 1 aromatic carbocycles. The van der Waals surface area contributed by atoms with Gasteiger partial charge in [-0.05, 0) is 18.6 Å². The summed E-state index contributed by atoms with van der Waals surface area (Å²) in [5.41, 5.74) is 6.04. The van der Waals surface area contributed by atoms with Gasteiger partial charge in [0.1, 0.15) is 0 Å². The van der Waals surface area contributed by atoms with E-state index in [1.165, 1.54) is 10.8 Å². The summed E-state index contributed by atoms with van der Waals surface area (Å²) in [6.07, 6.45) is 0.520. The number of hydrogen-bond donors (Lipinski definition) is 1. The number of nitrogen functional groups attached to an aromatic ring is 1. The average Bonchev–Trinajstić information content (AvgIpc) is 3.14. The minimum Gasteiger partial charge on any atom is -0.453 e. The number of thiazole rings is 1. The molecule has 2 aromatic heterocycles. The average molecular weight is 414 g/mol. The highest BCUT2D eigenvalue weighted by molar-refractivity contribution is 7.16. The number of nitrogens with zero attached hydrogens (tertiary/aromatic N) is 3. The molecule has 0 bridgehead atoms. The predicted molar refractivity (Wildman–Crippen MR) is 110 cm³/mol. The third-order valence-corrected chi connectivity index (χ3v) is 6.25. The zero-order valence-corrected chi connectivity index (χ0v) is 17.2. The van der Waals surface area contributed by atoms with Gasteiger partial charge in [0.25, 0.3) is 0 Å². The number of ether oxygens (including phenoxy) is 2. The maximum atomic E-state index is 12.8. The molecule has 1 saturated heterocycles. The van der Waals surface area contributed by atoms with Gasteiger partial charge in [-0.2, -0.15) is 4.98 Å². The van der Waals surface area contributed by atoms with Crippen LogP contribution in [-0.2, 0) is 9.47 Å². The number of carbonyl (C=O) groups excluding carboxylic acids is 1. The molecule has 0 spiro atoms. The summed E-state index contributed by atoms with van der Waals surface area (Å²) in [5, 5.41) is 0. The van der Waals surface area contributed by atoms with E-state index in [0.29, 0.717) is 22.3 Å². The summed E-state index contributed by atoms with van der Waals surface area (Å²) in [7, 11) is 0. The van der Waals surface area contributed by atoms with E-state index >= 15 is 0 Å². The van der Waals surface area contributed by atoms with Gasteiger partial charge in [0.2, 0.25) is 5.95 Å². The van der Waals surface area contributed by atoms with Crippen molar-refractivity contribution in [2.75, 3.05) is 5.73 Å². The molecule has 0 amide bonds. The number of nitrogens with two attached hydrogens (primary N) is 1. The molecule has 1 fully saturated rings. The third kappa shape index (κ3) is 3.30. The van der Waals surface area contributed by atoms with Crippen LogP contribution in [0.1, 0.15) is 43.8 Å². The Labute approximate surface area is 171 Å². The van der Waals surface area contributed by atoms with Gasteiger partial charge >= 0.3 is 10.8 Å². The number of anilines is 1. The van der Waals surface area contributed by atoms with Crippen molar-refractivity contribution in [3.63, 3.8) is 0 Å². The van der Waals surface area contributed by atoms with Crippen LogP contribution in [0.25, 0.3) is 10.3 Å². The molecule has 152 valence electrons. The number of esters is 1. The molecular weight excluding hydrogens is 392 g/mol. The number of rotatable bonds is 4. The molecular formula is C20H22N4O4S. The molecule has 3 aromatic rings. The van der Waals surface area contributed by atoms with Crippen LogP contribution in [0.4, 0.5) is 5.95 Å². The van der Waals surface area contributed by atoms with Gasteiger partial charge in [0.05, 0.1) is 22.6 Å². The van der Waals surface area contributed by atoms with Gasteiger partial charge in [-0.1, -0.05) is 50.3 Å². The van der Waals surface area contributed by atoms with Crippen molar-refractivity contribution < 1.29 is 14.3 Å². The Morgan fingerprint density at radius 2 is 2.07 bits per heavy atom. The fraction of sp³-hybridized carbons (Fsp3) is 0.400. The molecule has 4 rings (SSSR count). The van der Waals surface area contributed by atoms with Crippen LogP contribution in [0, 0.1) is 5.41 Å². The molecule has 2 N–H and O–H groups in total. The maximum Gasteiger partial charge on any atom is 0.338 e. The summed E-state index contributed by atoms with van der Waals surface area (Å²) in [5.74, 6) is -0.401. The monoisotopic (exact) mass is 414 g/mol. The van der Waals surface area contributed by atoms with Crippen LogP contribution in [0.15, 0.2) is 41.3 Å². The summed E-state index contributed by atoms with van der Waals surface area (Å²) in [6, 6.07) is 8.76. The largest absolute Gasteiger partial charge is 0.453 e. The Kier molecular flexibility index (Phi) is 4.87. The van der Waals surface area contributed by atoms with Gasteiger partial charge in [-0.3, -0.25) is 9.36 Å². The quantitative estimate of drug-likeness (QED) is 0.654. The van der Waals surface area contributed by atoms with Crippen LogP contribution in [-0.4, -0.2) is 32.7 Å². The second-order valence-corrected chi connectivity index (χ2v) is 8.58. The van der Waals surface area contributed by atoms with E-state index in [1.807, 2.05) is 26.8 Å². The first kappa shape index (κ1) is 19.5. The molecule has 0 radical (unpaired) electrons. The van der Waals surface area contributed by atoms with Crippen molar-refractivity contribution in [2.24, 2.45) is 5.41 Å². The Bertz CT molecular complexity index is 1110. The SMILES string of the molecule is CC[C@H]1O[C@@H](n2c(=O)sc3cnc(N)nc32)[C@H](OC(=O)c2ccccc2)C1(C)C. The summed E-state index contributed by atoms with van der Waals surface area (Å²) < 4.78 is 14.2. The maximum absolute atomic E-state index is 12.8. The second kappa shape index (κ2) is 7.23. The zero-order chi connectivity index (χ0) is 20.8. The van der Waals surface area contributed by atoms with Crippen molar-refractivity contribution in [1.29, 1.82) is 0 Å². The second-order valence-electron chi connectivity index (χ2n) is 7.59. The highest BCUT2D eigenvalue weighted by Gasteiger charge is 2.53. The van der Waals surface area contributed by atoms with Crippen LogP contribution in [0.3, 0.4) is 0 Å². The molecule has 1 aliphatic heterocycles. The van der Waals surface area contributed by atoms with Crippen molar-refractivity contribution in [2.45, 2.75) is 45.6 Å². The lowest BCUT2D eigenvalue weighted by atomic mass is 9.81. The fourth-order valence-electron chi connectivity index (χ4n) is 3.83. The van der Waals surface area contributed by atoms with Crippen LogP contribution >= 0.6 is 11.3 Å². The first-order chi connectivity index (χ1) is 13.8. The minimum absolute atomic E-state index is 0.0613. The normalized spacial score (nSPS) is 23.3. The first-order valence-electron chi connectivity index (χ1n) is 9.38. The van der Waals surface area contributed by atoms with Crippen LogP contribution in [0.5, 0.6) is 0 Å².